The molecule has 7 nitrogen and oxygen atoms in total. The number of nitrogens with one attached hydrogen (secondary N) is 1. The Morgan fingerprint density at radius 2 is 2.15 bits per heavy atom. The monoisotopic (exact) mass is 368 g/mol. The summed E-state index contributed by atoms with van der Waals surface area (Å²) in [6.45, 7) is 7.08. The van der Waals surface area contributed by atoms with Gasteiger partial charge in [-0.25, -0.2) is 4.98 Å². The molecule has 0 aromatic carbocycles. The van der Waals surface area contributed by atoms with Gasteiger partial charge in [0.2, 0.25) is 11.9 Å². The first-order chi connectivity index (χ1) is 12.8. The Balaban J connectivity index is 1.86. The molecule has 1 aliphatic heterocycles. The number of carbonyl (C=O) groups excluding carboxylic acids is 1. The summed E-state index contributed by atoms with van der Waals surface area (Å²) in [5, 5.41) is 3.56. The SMILES string of the molecule is CC(=O)N1CCc2c(nc(N(C)C)nc2NC(C)Cc2ncccc2C)C1. The fraction of sp³-hybridized carbons (Fsp3) is 0.500. The van der Waals surface area contributed by atoms with Gasteiger partial charge in [-0.05, 0) is 31.9 Å². The molecule has 1 amide bonds. The molecule has 1 atom stereocenters. The number of aromatic nitrogens is 3. The van der Waals surface area contributed by atoms with Crippen LogP contribution < -0.4 is 10.2 Å². The van der Waals surface area contributed by atoms with E-state index in [9.17, 15) is 4.79 Å². The van der Waals surface area contributed by atoms with Crippen molar-refractivity contribution >= 4 is 17.7 Å². The lowest BCUT2D eigenvalue weighted by Crippen LogP contribution is -2.36. The number of fused-ring (bicyclic) bond motifs is 1. The summed E-state index contributed by atoms with van der Waals surface area (Å²) in [6.07, 6.45) is 3.42. The van der Waals surface area contributed by atoms with Crippen LogP contribution in [0.1, 0.15) is 36.4 Å². The first-order valence-electron chi connectivity index (χ1n) is 9.34. The fourth-order valence-corrected chi connectivity index (χ4v) is 3.31. The van der Waals surface area contributed by atoms with Crippen LogP contribution in [0.2, 0.25) is 0 Å². The maximum absolute atomic E-state index is 11.8. The number of aryl methyl sites for hydroxylation is 1. The van der Waals surface area contributed by atoms with E-state index in [-0.39, 0.29) is 11.9 Å². The molecule has 2 aromatic heterocycles. The van der Waals surface area contributed by atoms with Crippen molar-refractivity contribution in [1.82, 2.24) is 19.9 Å². The topological polar surface area (TPSA) is 74.2 Å². The zero-order chi connectivity index (χ0) is 19.6. The fourth-order valence-electron chi connectivity index (χ4n) is 3.31. The van der Waals surface area contributed by atoms with E-state index in [1.165, 1.54) is 5.56 Å². The molecule has 0 radical (unpaired) electrons. The van der Waals surface area contributed by atoms with Crippen molar-refractivity contribution < 1.29 is 4.79 Å². The normalized spacial score (nSPS) is 14.5. The van der Waals surface area contributed by atoms with Crippen molar-refractivity contribution in [2.75, 3.05) is 30.9 Å². The second-order valence-corrected chi connectivity index (χ2v) is 7.40. The van der Waals surface area contributed by atoms with Crippen LogP contribution in [-0.4, -0.2) is 52.4 Å². The van der Waals surface area contributed by atoms with Crippen molar-refractivity contribution in [2.24, 2.45) is 0 Å². The first-order valence-corrected chi connectivity index (χ1v) is 9.34. The Morgan fingerprint density at radius 1 is 1.37 bits per heavy atom. The van der Waals surface area contributed by atoms with E-state index in [0.717, 1.165) is 35.6 Å². The highest BCUT2D eigenvalue weighted by Gasteiger charge is 2.25. The van der Waals surface area contributed by atoms with E-state index in [1.54, 1.807) is 6.92 Å². The second kappa shape index (κ2) is 7.90. The molecule has 1 aliphatic rings. The third kappa shape index (κ3) is 4.35. The molecule has 3 heterocycles. The summed E-state index contributed by atoms with van der Waals surface area (Å²) in [4.78, 5) is 29.4. The first kappa shape index (κ1) is 19.1. The van der Waals surface area contributed by atoms with Crippen LogP contribution in [0.15, 0.2) is 18.3 Å². The Kier molecular flexibility index (Phi) is 5.58. The summed E-state index contributed by atoms with van der Waals surface area (Å²) in [7, 11) is 3.86. The maximum Gasteiger partial charge on any atom is 0.227 e. The van der Waals surface area contributed by atoms with Gasteiger partial charge in [0, 0.05) is 57.5 Å². The summed E-state index contributed by atoms with van der Waals surface area (Å²) in [5.41, 5.74) is 4.33. The lowest BCUT2D eigenvalue weighted by atomic mass is 10.0. The van der Waals surface area contributed by atoms with E-state index in [2.05, 4.69) is 35.2 Å². The van der Waals surface area contributed by atoms with Gasteiger partial charge in [-0.3, -0.25) is 9.78 Å². The van der Waals surface area contributed by atoms with E-state index in [4.69, 9.17) is 4.98 Å². The van der Waals surface area contributed by atoms with Crippen LogP contribution in [0.5, 0.6) is 0 Å². The van der Waals surface area contributed by atoms with Gasteiger partial charge in [0.1, 0.15) is 5.82 Å². The molecule has 27 heavy (non-hydrogen) atoms. The van der Waals surface area contributed by atoms with Gasteiger partial charge in [-0.1, -0.05) is 6.07 Å². The molecule has 0 bridgehead atoms. The molecule has 0 fully saturated rings. The lowest BCUT2D eigenvalue weighted by Gasteiger charge is -2.30. The second-order valence-electron chi connectivity index (χ2n) is 7.40. The number of amides is 1. The smallest absolute Gasteiger partial charge is 0.227 e. The zero-order valence-corrected chi connectivity index (χ0v) is 16.8. The molecular formula is C20H28N6O. The number of pyridine rings is 1. The molecule has 0 saturated carbocycles. The average Bonchev–Trinajstić information content (AvgIpc) is 2.62. The van der Waals surface area contributed by atoms with Gasteiger partial charge >= 0.3 is 0 Å². The van der Waals surface area contributed by atoms with Crippen LogP contribution in [0.3, 0.4) is 0 Å². The molecule has 0 saturated heterocycles. The van der Waals surface area contributed by atoms with Crippen molar-refractivity contribution in [3.05, 3.63) is 40.8 Å². The van der Waals surface area contributed by atoms with Gasteiger partial charge in [-0.15, -0.1) is 0 Å². The van der Waals surface area contributed by atoms with Gasteiger partial charge in [0.25, 0.3) is 0 Å². The molecule has 0 spiro atoms. The molecule has 2 aromatic rings. The number of hydrogen-bond donors (Lipinski definition) is 1. The Labute approximate surface area is 160 Å². The molecule has 1 unspecified atom stereocenters. The Hall–Kier alpha value is -2.70. The van der Waals surface area contributed by atoms with Crippen LogP contribution in [-0.2, 0) is 24.2 Å². The number of rotatable bonds is 5. The number of nitrogens with zero attached hydrogens (tertiary/aromatic N) is 5. The van der Waals surface area contributed by atoms with Crippen molar-refractivity contribution in [3.8, 4) is 0 Å². The van der Waals surface area contributed by atoms with E-state index < -0.39 is 0 Å². The molecule has 7 heteroatoms. The number of carbonyl (C=O) groups is 1. The van der Waals surface area contributed by atoms with Crippen molar-refractivity contribution in [2.45, 2.75) is 46.2 Å². The number of anilines is 2. The minimum absolute atomic E-state index is 0.0826. The highest BCUT2D eigenvalue weighted by Crippen LogP contribution is 2.26. The summed E-state index contributed by atoms with van der Waals surface area (Å²) >= 11 is 0. The standard InChI is InChI=1S/C20H28N6O/c1-13-7-6-9-21-17(13)11-14(2)22-19-16-8-10-26(15(3)27)12-18(16)23-20(24-19)25(4)5/h6-7,9,14H,8,10-12H2,1-5H3,(H,22,23,24). The van der Waals surface area contributed by atoms with Gasteiger partial charge in [-0.2, -0.15) is 4.98 Å². The summed E-state index contributed by atoms with van der Waals surface area (Å²) in [5.74, 6) is 1.61. The van der Waals surface area contributed by atoms with E-state index >= 15 is 0 Å². The lowest BCUT2D eigenvalue weighted by molar-refractivity contribution is -0.129. The highest BCUT2D eigenvalue weighted by atomic mass is 16.2. The average molecular weight is 368 g/mol. The minimum atomic E-state index is 0.0826. The third-order valence-electron chi connectivity index (χ3n) is 4.90. The molecule has 3 rings (SSSR count). The zero-order valence-electron chi connectivity index (χ0n) is 16.8. The predicted molar refractivity (Wildman–Crippen MR) is 107 cm³/mol. The summed E-state index contributed by atoms with van der Waals surface area (Å²) in [6, 6.07) is 4.22. The molecule has 0 aliphatic carbocycles. The van der Waals surface area contributed by atoms with Gasteiger partial charge in [0.15, 0.2) is 0 Å². The Bertz CT molecular complexity index is 835. The van der Waals surface area contributed by atoms with Crippen molar-refractivity contribution in [1.29, 1.82) is 0 Å². The Morgan fingerprint density at radius 3 is 2.81 bits per heavy atom. The van der Waals surface area contributed by atoms with Crippen LogP contribution in [0.4, 0.5) is 11.8 Å². The van der Waals surface area contributed by atoms with Crippen LogP contribution in [0.25, 0.3) is 0 Å². The largest absolute Gasteiger partial charge is 0.367 e. The highest BCUT2D eigenvalue weighted by molar-refractivity contribution is 5.73. The van der Waals surface area contributed by atoms with E-state index in [0.29, 0.717) is 19.0 Å². The number of hydrogen-bond acceptors (Lipinski definition) is 6. The van der Waals surface area contributed by atoms with Gasteiger partial charge in [0.05, 0.1) is 12.2 Å². The predicted octanol–water partition coefficient (Wildman–Crippen LogP) is 2.19. The summed E-state index contributed by atoms with van der Waals surface area (Å²) < 4.78 is 0. The van der Waals surface area contributed by atoms with Crippen LogP contribution >= 0.6 is 0 Å². The van der Waals surface area contributed by atoms with Crippen molar-refractivity contribution in [3.63, 3.8) is 0 Å². The van der Waals surface area contributed by atoms with Crippen LogP contribution in [0, 0.1) is 6.92 Å². The third-order valence-corrected chi connectivity index (χ3v) is 4.90. The minimum Gasteiger partial charge on any atom is -0.367 e. The van der Waals surface area contributed by atoms with E-state index in [1.807, 2.05) is 36.2 Å². The molecular weight excluding hydrogens is 340 g/mol. The maximum atomic E-state index is 11.8. The molecule has 144 valence electrons. The quantitative estimate of drug-likeness (QED) is 0.872. The molecule has 1 N–H and O–H groups in total. The van der Waals surface area contributed by atoms with Gasteiger partial charge < -0.3 is 15.1 Å².